The predicted molar refractivity (Wildman–Crippen MR) is 120 cm³/mol. The summed E-state index contributed by atoms with van der Waals surface area (Å²) in [6.07, 6.45) is 7.20. The Kier molecular flexibility index (Phi) is 6.33. The van der Waals surface area contributed by atoms with Crippen LogP contribution in [0.15, 0.2) is 53.4 Å². The van der Waals surface area contributed by atoms with Crippen molar-refractivity contribution in [1.82, 2.24) is 4.31 Å². The molecular weight excluding hydrogens is 394 g/mol. The highest BCUT2D eigenvalue weighted by molar-refractivity contribution is 7.89. The highest BCUT2D eigenvalue weighted by atomic mass is 32.2. The molecule has 1 N–H and O–H groups in total. The highest BCUT2D eigenvalue weighted by Gasteiger charge is 2.42. The largest absolute Gasteiger partial charge is 0.396 e. The third-order valence-electron chi connectivity index (χ3n) is 6.75. The summed E-state index contributed by atoms with van der Waals surface area (Å²) in [7, 11) is -3.48. The van der Waals surface area contributed by atoms with E-state index in [9.17, 15) is 8.42 Å². The van der Waals surface area contributed by atoms with Gasteiger partial charge in [0.25, 0.3) is 0 Å². The van der Waals surface area contributed by atoms with Crippen LogP contribution in [0.25, 0.3) is 0 Å². The van der Waals surface area contributed by atoms with Gasteiger partial charge in [0, 0.05) is 19.7 Å². The average Bonchev–Trinajstić information content (AvgIpc) is 3.52. The standard InChI is InChI=1S/C25H33NO3S/c1-20-3-11-24(12-4-20)30(28,29)26(18-23-9-10-23)19-25(14-2-15-25)17-22-7-5-21(6-8-22)13-16-27/h3-8,11-12,23,27H,2,9-10,13-19H2,1H3. The van der Waals surface area contributed by atoms with E-state index in [0.29, 0.717) is 30.3 Å². The van der Waals surface area contributed by atoms with E-state index in [4.69, 9.17) is 5.11 Å². The number of hydrogen-bond acceptors (Lipinski definition) is 3. The fraction of sp³-hybridized carbons (Fsp3) is 0.520. The first-order chi connectivity index (χ1) is 14.4. The third kappa shape index (κ3) is 4.96. The highest BCUT2D eigenvalue weighted by Crippen LogP contribution is 2.46. The second-order valence-electron chi connectivity index (χ2n) is 9.37. The van der Waals surface area contributed by atoms with Gasteiger partial charge in [-0.3, -0.25) is 0 Å². The van der Waals surface area contributed by atoms with Crippen LogP contribution in [0.5, 0.6) is 0 Å². The molecule has 0 aliphatic heterocycles. The second kappa shape index (κ2) is 8.81. The molecule has 2 saturated carbocycles. The van der Waals surface area contributed by atoms with E-state index in [0.717, 1.165) is 43.2 Å². The molecule has 0 bridgehead atoms. The minimum Gasteiger partial charge on any atom is -0.396 e. The number of sulfonamides is 1. The minimum atomic E-state index is -3.48. The summed E-state index contributed by atoms with van der Waals surface area (Å²) >= 11 is 0. The molecule has 2 aromatic rings. The van der Waals surface area contributed by atoms with Crippen molar-refractivity contribution in [3.8, 4) is 0 Å². The molecular formula is C25H33NO3S. The fourth-order valence-corrected chi connectivity index (χ4v) is 6.15. The summed E-state index contributed by atoms with van der Waals surface area (Å²) in [5.74, 6) is 0.514. The topological polar surface area (TPSA) is 57.6 Å². The van der Waals surface area contributed by atoms with Gasteiger partial charge < -0.3 is 5.11 Å². The van der Waals surface area contributed by atoms with E-state index < -0.39 is 10.0 Å². The van der Waals surface area contributed by atoms with Crippen LogP contribution in [0.4, 0.5) is 0 Å². The van der Waals surface area contributed by atoms with Crippen molar-refractivity contribution in [1.29, 1.82) is 0 Å². The van der Waals surface area contributed by atoms with E-state index in [1.165, 1.54) is 12.0 Å². The summed E-state index contributed by atoms with van der Waals surface area (Å²) in [6.45, 7) is 3.40. The molecule has 30 heavy (non-hydrogen) atoms. The van der Waals surface area contributed by atoms with Crippen molar-refractivity contribution in [2.75, 3.05) is 19.7 Å². The lowest BCUT2D eigenvalue weighted by atomic mass is 9.65. The maximum Gasteiger partial charge on any atom is 0.243 e. The number of rotatable bonds is 10. The van der Waals surface area contributed by atoms with Crippen LogP contribution in [0.3, 0.4) is 0 Å². The minimum absolute atomic E-state index is 0.0329. The normalized spacial score (nSPS) is 18.4. The number of hydrogen-bond donors (Lipinski definition) is 1. The second-order valence-corrected chi connectivity index (χ2v) is 11.3. The fourth-order valence-electron chi connectivity index (χ4n) is 4.52. The Morgan fingerprint density at radius 3 is 2.17 bits per heavy atom. The summed E-state index contributed by atoms with van der Waals surface area (Å²) in [5, 5.41) is 9.12. The van der Waals surface area contributed by atoms with Gasteiger partial charge >= 0.3 is 0 Å². The molecule has 2 aliphatic carbocycles. The van der Waals surface area contributed by atoms with E-state index in [1.807, 2.05) is 19.1 Å². The smallest absolute Gasteiger partial charge is 0.243 e. The molecule has 2 aliphatic rings. The quantitative estimate of drug-likeness (QED) is 0.613. The van der Waals surface area contributed by atoms with Gasteiger partial charge in [-0.15, -0.1) is 0 Å². The lowest BCUT2D eigenvalue weighted by molar-refractivity contribution is 0.0983. The third-order valence-corrected chi connectivity index (χ3v) is 8.57. The van der Waals surface area contributed by atoms with Crippen LogP contribution in [-0.2, 0) is 22.9 Å². The number of benzene rings is 2. The maximum absolute atomic E-state index is 13.5. The summed E-state index contributed by atoms with van der Waals surface area (Å²) in [6, 6.07) is 15.7. The van der Waals surface area contributed by atoms with Gasteiger partial charge in [0.1, 0.15) is 0 Å². The SMILES string of the molecule is Cc1ccc(S(=O)(=O)N(CC2CC2)CC2(Cc3ccc(CCO)cc3)CCC2)cc1. The summed E-state index contributed by atoms with van der Waals surface area (Å²) in [5.41, 5.74) is 3.50. The van der Waals surface area contributed by atoms with Crippen molar-refractivity contribution in [3.63, 3.8) is 0 Å². The van der Waals surface area contributed by atoms with Crippen molar-refractivity contribution < 1.29 is 13.5 Å². The van der Waals surface area contributed by atoms with Gasteiger partial charge in [0.15, 0.2) is 0 Å². The van der Waals surface area contributed by atoms with E-state index in [1.54, 1.807) is 16.4 Å². The zero-order valence-electron chi connectivity index (χ0n) is 17.9. The molecule has 0 unspecified atom stereocenters. The monoisotopic (exact) mass is 427 g/mol. The molecule has 0 heterocycles. The predicted octanol–water partition coefficient (Wildman–Crippen LogP) is 4.34. The van der Waals surface area contributed by atoms with Crippen LogP contribution in [0.1, 0.15) is 48.8 Å². The van der Waals surface area contributed by atoms with Crippen LogP contribution in [0.2, 0.25) is 0 Å². The molecule has 0 radical (unpaired) electrons. The Hall–Kier alpha value is -1.69. The van der Waals surface area contributed by atoms with Crippen LogP contribution in [-0.4, -0.2) is 37.5 Å². The molecule has 0 aromatic heterocycles. The van der Waals surface area contributed by atoms with Gasteiger partial charge in [0.05, 0.1) is 4.90 Å². The number of aliphatic hydroxyl groups is 1. The molecule has 0 atom stereocenters. The number of aryl methyl sites for hydroxylation is 1. The van der Waals surface area contributed by atoms with Crippen molar-refractivity contribution >= 4 is 10.0 Å². The number of nitrogens with zero attached hydrogens (tertiary/aromatic N) is 1. The Morgan fingerprint density at radius 2 is 1.63 bits per heavy atom. The van der Waals surface area contributed by atoms with Gasteiger partial charge in [-0.25, -0.2) is 8.42 Å². The Morgan fingerprint density at radius 1 is 1.00 bits per heavy atom. The van der Waals surface area contributed by atoms with Crippen LogP contribution < -0.4 is 0 Å². The first-order valence-electron chi connectivity index (χ1n) is 11.2. The first kappa shape index (κ1) is 21.5. The lowest BCUT2D eigenvalue weighted by Gasteiger charge is -2.45. The van der Waals surface area contributed by atoms with E-state index in [2.05, 4.69) is 24.3 Å². The van der Waals surface area contributed by atoms with Crippen LogP contribution in [0, 0.1) is 18.3 Å². The van der Waals surface area contributed by atoms with Gasteiger partial charge in [0.2, 0.25) is 10.0 Å². The lowest BCUT2D eigenvalue weighted by Crippen LogP contribution is -2.46. The van der Waals surface area contributed by atoms with Gasteiger partial charge in [-0.05, 0) is 80.0 Å². The molecule has 0 saturated heterocycles. The van der Waals surface area contributed by atoms with Gasteiger partial charge in [-0.2, -0.15) is 4.31 Å². The van der Waals surface area contributed by atoms with Crippen molar-refractivity contribution in [2.24, 2.45) is 11.3 Å². The molecule has 0 amide bonds. The molecule has 4 rings (SSSR count). The Bertz CT molecular complexity index is 943. The molecule has 5 heteroatoms. The number of aliphatic hydroxyl groups excluding tert-OH is 1. The zero-order valence-corrected chi connectivity index (χ0v) is 18.7. The summed E-state index contributed by atoms with van der Waals surface area (Å²) in [4.78, 5) is 0.413. The zero-order chi connectivity index (χ0) is 21.2. The molecule has 0 spiro atoms. The molecule has 4 nitrogen and oxygen atoms in total. The Balaban J connectivity index is 1.54. The van der Waals surface area contributed by atoms with Crippen LogP contribution >= 0.6 is 0 Å². The maximum atomic E-state index is 13.5. The molecule has 2 fully saturated rings. The van der Waals surface area contributed by atoms with E-state index in [-0.39, 0.29) is 12.0 Å². The average molecular weight is 428 g/mol. The van der Waals surface area contributed by atoms with E-state index >= 15 is 0 Å². The molecule has 162 valence electrons. The van der Waals surface area contributed by atoms with Crippen molar-refractivity contribution in [2.45, 2.75) is 56.8 Å². The van der Waals surface area contributed by atoms with Crippen molar-refractivity contribution in [3.05, 3.63) is 65.2 Å². The summed E-state index contributed by atoms with van der Waals surface area (Å²) < 4.78 is 28.8. The van der Waals surface area contributed by atoms with Gasteiger partial charge in [-0.1, -0.05) is 48.4 Å². The first-order valence-corrected chi connectivity index (χ1v) is 12.6. The molecule has 2 aromatic carbocycles. The Labute approximate surface area is 181 Å².